The average molecular weight is 310 g/mol. The van der Waals surface area contributed by atoms with Gasteiger partial charge in [0.05, 0.1) is 24.1 Å². The maximum Gasteiger partial charge on any atom is 0.272 e. The van der Waals surface area contributed by atoms with Crippen molar-refractivity contribution in [1.82, 2.24) is 15.3 Å². The number of amides is 1. The highest BCUT2D eigenvalue weighted by atomic mass is 35.5. The Morgan fingerprint density at radius 1 is 1.52 bits per heavy atom. The van der Waals surface area contributed by atoms with Gasteiger partial charge in [-0.2, -0.15) is 0 Å². The molecule has 1 amide bonds. The molecule has 0 spiro atoms. The second kappa shape index (κ2) is 6.69. The first-order chi connectivity index (χ1) is 10.0. The molecule has 2 aromatic heterocycles. The lowest BCUT2D eigenvalue weighted by molar-refractivity contribution is 0.0902. The minimum Gasteiger partial charge on any atom is -0.467 e. The quantitative estimate of drug-likeness (QED) is 0.885. The van der Waals surface area contributed by atoms with Crippen LogP contribution in [0.4, 0.5) is 0 Å². The molecule has 2 rings (SSSR count). The van der Waals surface area contributed by atoms with E-state index in [9.17, 15) is 9.90 Å². The number of hydrogen-bond donors (Lipinski definition) is 2. The van der Waals surface area contributed by atoms with Crippen LogP contribution in [0.1, 0.15) is 47.9 Å². The summed E-state index contributed by atoms with van der Waals surface area (Å²) in [5.41, 5.74) is 0.0837. The zero-order valence-corrected chi connectivity index (χ0v) is 12.5. The Kier molecular flexibility index (Phi) is 4.93. The molecule has 1 atom stereocenters. The minimum atomic E-state index is -0.652. The normalized spacial score (nSPS) is 12.4. The van der Waals surface area contributed by atoms with Crippen LogP contribution in [-0.4, -0.2) is 27.6 Å². The number of rotatable bonds is 5. The highest BCUT2D eigenvalue weighted by Crippen LogP contribution is 2.18. The van der Waals surface area contributed by atoms with E-state index in [1.165, 1.54) is 12.5 Å². The lowest BCUT2D eigenvalue weighted by Gasteiger charge is -2.14. The zero-order valence-electron chi connectivity index (χ0n) is 11.7. The maximum atomic E-state index is 12.3. The van der Waals surface area contributed by atoms with Crippen molar-refractivity contribution in [1.29, 1.82) is 0 Å². The highest BCUT2D eigenvalue weighted by Gasteiger charge is 2.21. The van der Waals surface area contributed by atoms with E-state index in [0.29, 0.717) is 11.6 Å². The number of aliphatic hydroxyl groups excluding tert-OH is 1. The molecule has 0 aliphatic heterocycles. The third-order valence-corrected chi connectivity index (χ3v) is 3.15. The largest absolute Gasteiger partial charge is 0.467 e. The Morgan fingerprint density at radius 3 is 2.86 bits per heavy atom. The summed E-state index contributed by atoms with van der Waals surface area (Å²) in [4.78, 5) is 20.5. The number of carbonyl (C=O) groups excluding carboxylic acids is 1. The van der Waals surface area contributed by atoms with Crippen molar-refractivity contribution in [2.24, 2.45) is 0 Å². The fourth-order valence-electron chi connectivity index (χ4n) is 1.74. The van der Waals surface area contributed by atoms with Crippen molar-refractivity contribution < 1.29 is 14.3 Å². The highest BCUT2D eigenvalue weighted by molar-refractivity contribution is 6.33. The van der Waals surface area contributed by atoms with Gasteiger partial charge in [0.15, 0.2) is 0 Å². The molecule has 0 aliphatic carbocycles. The summed E-state index contributed by atoms with van der Waals surface area (Å²) in [6.45, 7) is 3.55. The molecular formula is C14H16ClN3O3. The van der Waals surface area contributed by atoms with E-state index >= 15 is 0 Å². The van der Waals surface area contributed by atoms with Gasteiger partial charge in [-0.1, -0.05) is 25.4 Å². The second-order valence-corrected chi connectivity index (χ2v) is 5.21. The van der Waals surface area contributed by atoms with Crippen molar-refractivity contribution in [2.75, 3.05) is 6.61 Å². The first-order valence-electron chi connectivity index (χ1n) is 6.50. The molecule has 7 heteroatoms. The van der Waals surface area contributed by atoms with Crippen LogP contribution in [0.3, 0.4) is 0 Å². The Hall–Kier alpha value is -1.92. The molecule has 0 aliphatic rings. The molecule has 0 radical (unpaired) electrons. The summed E-state index contributed by atoms with van der Waals surface area (Å²) in [6.07, 6.45) is 2.87. The third-order valence-electron chi connectivity index (χ3n) is 2.87. The van der Waals surface area contributed by atoms with Gasteiger partial charge in [0.1, 0.15) is 23.3 Å². The number of nitrogens with one attached hydrogen (secondary N) is 1. The molecule has 0 fully saturated rings. The van der Waals surface area contributed by atoms with Crippen LogP contribution in [0.25, 0.3) is 0 Å². The van der Waals surface area contributed by atoms with Crippen molar-refractivity contribution in [2.45, 2.75) is 25.8 Å². The van der Waals surface area contributed by atoms with E-state index in [2.05, 4.69) is 15.3 Å². The number of nitrogens with zero attached hydrogens (tertiary/aromatic N) is 2. The number of carbonyl (C=O) groups is 1. The first-order valence-corrected chi connectivity index (χ1v) is 6.88. The zero-order chi connectivity index (χ0) is 15.4. The van der Waals surface area contributed by atoms with Crippen LogP contribution in [0, 0.1) is 0 Å². The fraction of sp³-hybridized carbons (Fsp3) is 0.357. The SMILES string of the molecule is CC(C)c1ncc(Cl)c(C(=O)NC(CO)c2ccco2)n1. The Bertz CT molecular complexity index is 614. The van der Waals surface area contributed by atoms with Gasteiger partial charge in [-0.3, -0.25) is 4.79 Å². The smallest absolute Gasteiger partial charge is 0.272 e. The molecule has 2 aromatic rings. The van der Waals surface area contributed by atoms with E-state index in [4.69, 9.17) is 16.0 Å². The van der Waals surface area contributed by atoms with E-state index in [1.807, 2.05) is 13.8 Å². The van der Waals surface area contributed by atoms with Gasteiger partial charge in [0.25, 0.3) is 5.91 Å². The molecule has 21 heavy (non-hydrogen) atoms. The predicted molar refractivity (Wildman–Crippen MR) is 77.1 cm³/mol. The van der Waals surface area contributed by atoms with Gasteiger partial charge < -0.3 is 14.8 Å². The van der Waals surface area contributed by atoms with Crippen molar-refractivity contribution in [3.8, 4) is 0 Å². The topological polar surface area (TPSA) is 88.2 Å². The standard InChI is InChI=1S/C14H16ClN3O3/c1-8(2)13-16-6-9(15)12(18-13)14(20)17-10(7-19)11-4-3-5-21-11/h3-6,8,10,19H,7H2,1-2H3,(H,17,20). The van der Waals surface area contributed by atoms with Gasteiger partial charge in [-0.05, 0) is 12.1 Å². The van der Waals surface area contributed by atoms with Crippen LogP contribution >= 0.6 is 11.6 Å². The monoisotopic (exact) mass is 309 g/mol. The molecule has 0 bridgehead atoms. The summed E-state index contributed by atoms with van der Waals surface area (Å²) in [5.74, 6) is 0.579. The number of aliphatic hydroxyl groups is 1. The molecule has 0 saturated heterocycles. The van der Waals surface area contributed by atoms with Gasteiger partial charge in [-0.25, -0.2) is 9.97 Å². The molecule has 2 heterocycles. The molecule has 2 N–H and O–H groups in total. The molecule has 6 nitrogen and oxygen atoms in total. The van der Waals surface area contributed by atoms with Gasteiger partial charge in [-0.15, -0.1) is 0 Å². The molecule has 1 unspecified atom stereocenters. The number of hydrogen-bond acceptors (Lipinski definition) is 5. The third kappa shape index (κ3) is 3.59. The summed E-state index contributed by atoms with van der Waals surface area (Å²) >= 11 is 5.98. The molecule has 112 valence electrons. The van der Waals surface area contributed by atoms with Crippen LogP contribution in [0.15, 0.2) is 29.0 Å². The van der Waals surface area contributed by atoms with E-state index in [-0.39, 0.29) is 23.2 Å². The van der Waals surface area contributed by atoms with Gasteiger partial charge >= 0.3 is 0 Å². The maximum absolute atomic E-state index is 12.3. The summed E-state index contributed by atoms with van der Waals surface area (Å²) in [5, 5.41) is 12.2. The van der Waals surface area contributed by atoms with Gasteiger partial charge in [0.2, 0.25) is 0 Å². The number of furan rings is 1. The van der Waals surface area contributed by atoms with E-state index in [1.54, 1.807) is 12.1 Å². The van der Waals surface area contributed by atoms with Crippen LogP contribution in [0.5, 0.6) is 0 Å². The lowest BCUT2D eigenvalue weighted by atomic mass is 10.2. The summed E-state index contributed by atoms with van der Waals surface area (Å²) in [7, 11) is 0. The number of aromatic nitrogens is 2. The second-order valence-electron chi connectivity index (χ2n) is 4.80. The molecule has 0 aromatic carbocycles. The first kappa shape index (κ1) is 15.5. The van der Waals surface area contributed by atoms with Crippen molar-refractivity contribution in [3.05, 3.63) is 46.9 Å². The van der Waals surface area contributed by atoms with Crippen LogP contribution in [0.2, 0.25) is 5.02 Å². The summed E-state index contributed by atoms with van der Waals surface area (Å²) < 4.78 is 5.18. The van der Waals surface area contributed by atoms with Gasteiger partial charge in [0, 0.05) is 5.92 Å². The Morgan fingerprint density at radius 2 is 2.29 bits per heavy atom. The lowest BCUT2D eigenvalue weighted by Crippen LogP contribution is -2.31. The van der Waals surface area contributed by atoms with E-state index < -0.39 is 11.9 Å². The Balaban J connectivity index is 2.21. The minimum absolute atomic E-state index is 0.0764. The predicted octanol–water partition coefficient (Wildman–Crippen LogP) is 2.31. The molecular weight excluding hydrogens is 294 g/mol. The van der Waals surface area contributed by atoms with Crippen molar-refractivity contribution >= 4 is 17.5 Å². The number of halogens is 1. The summed E-state index contributed by atoms with van der Waals surface area (Å²) in [6, 6.07) is 2.70. The molecule has 0 saturated carbocycles. The fourth-order valence-corrected chi connectivity index (χ4v) is 1.92. The van der Waals surface area contributed by atoms with Crippen LogP contribution < -0.4 is 5.32 Å². The van der Waals surface area contributed by atoms with Crippen LogP contribution in [-0.2, 0) is 0 Å². The average Bonchev–Trinajstić information content (AvgIpc) is 2.98. The van der Waals surface area contributed by atoms with Crippen molar-refractivity contribution in [3.63, 3.8) is 0 Å². The van der Waals surface area contributed by atoms with E-state index in [0.717, 1.165) is 0 Å². The Labute approximate surface area is 127 Å².